The van der Waals surface area contributed by atoms with Crippen LogP contribution in [0.4, 0.5) is 0 Å². The maximum absolute atomic E-state index is 11.9. The monoisotopic (exact) mass is 347 g/mol. The SMILES string of the molecule is C=CCOC(=O)c1cccc(-c2nc3cc(Cl)cc(Cl)c3o2)c1. The van der Waals surface area contributed by atoms with Gasteiger partial charge < -0.3 is 9.15 Å². The van der Waals surface area contributed by atoms with Crippen LogP contribution in [0.25, 0.3) is 22.6 Å². The second kappa shape index (κ2) is 6.44. The molecule has 0 amide bonds. The maximum atomic E-state index is 11.9. The van der Waals surface area contributed by atoms with Crippen LogP contribution in [0.1, 0.15) is 10.4 Å². The number of fused-ring (bicyclic) bond motifs is 1. The largest absolute Gasteiger partial charge is 0.458 e. The van der Waals surface area contributed by atoms with E-state index in [9.17, 15) is 4.79 Å². The van der Waals surface area contributed by atoms with E-state index >= 15 is 0 Å². The first-order valence-electron chi connectivity index (χ1n) is 6.72. The molecule has 3 rings (SSSR count). The number of esters is 1. The summed E-state index contributed by atoms with van der Waals surface area (Å²) in [6.45, 7) is 3.66. The quantitative estimate of drug-likeness (QED) is 0.484. The highest BCUT2D eigenvalue weighted by Gasteiger charge is 2.14. The van der Waals surface area contributed by atoms with Crippen LogP contribution >= 0.6 is 23.2 Å². The summed E-state index contributed by atoms with van der Waals surface area (Å²) in [5.74, 6) is -0.0912. The zero-order valence-corrected chi connectivity index (χ0v) is 13.4. The third-order valence-corrected chi connectivity index (χ3v) is 3.59. The molecule has 2 aromatic carbocycles. The highest BCUT2D eigenvalue weighted by atomic mass is 35.5. The van der Waals surface area contributed by atoms with Crippen LogP contribution in [0.2, 0.25) is 10.0 Å². The van der Waals surface area contributed by atoms with Crippen molar-refractivity contribution in [3.05, 3.63) is 64.7 Å². The van der Waals surface area contributed by atoms with Crippen molar-refractivity contribution in [3.63, 3.8) is 0 Å². The molecule has 0 fully saturated rings. The molecule has 0 aliphatic rings. The van der Waals surface area contributed by atoms with Crippen LogP contribution < -0.4 is 0 Å². The number of ether oxygens (including phenoxy) is 1. The van der Waals surface area contributed by atoms with Gasteiger partial charge in [0.15, 0.2) is 5.58 Å². The third kappa shape index (κ3) is 3.23. The molecule has 0 radical (unpaired) electrons. The number of hydrogen-bond donors (Lipinski definition) is 0. The van der Waals surface area contributed by atoms with Gasteiger partial charge in [-0.2, -0.15) is 0 Å². The van der Waals surface area contributed by atoms with Crippen molar-refractivity contribution in [2.24, 2.45) is 0 Å². The average molecular weight is 348 g/mol. The summed E-state index contributed by atoms with van der Waals surface area (Å²) < 4.78 is 10.7. The van der Waals surface area contributed by atoms with Gasteiger partial charge in [-0.25, -0.2) is 9.78 Å². The number of nitrogens with zero attached hydrogens (tertiary/aromatic N) is 1. The molecule has 0 atom stereocenters. The van der Waals surface area contributed by atoms with Crippen molar-refractivity contribution >= 4 is 40.3 Å². The molecule has 0 aliphatic carbocycles. The minimum absolute atomic E-state index is 0.153. The fourth-order valence-electron chi connectivity index (χ4n) is 2.08. The van der Waals surface area contributed by atoms with Crippen LogP contribution in [0.3, 0.4) is 0 Å². The van der Waals surface area contributed by atoms with Gasteiger partial charge in [-0.05, 0) is 30.3 Å². The molecule has 1 aromatic heterocycles. The minimum Gasteiger partial charge on any atom is -0.458 e. The summed E-state index contributed by atoms with van der Waals surface area (Å²) in [5.41, 5.74) is 2.04. The Balaban J connectivity index is 2.00. The van der Waals surface area contributed by atoms with Crippen LogP contribution in [-0.2, 0) is 4.74 Å². The third-order valence-electron chi connectivity index (χ3n) is 3.09. The number of rotatable bonds is 4. The molecule has 0 bridgehead atoms. The lowest BCUT2D eigenvalue weighted by molar-refractivity contribution is 0.0550. The number of carbonyl (C=O) groups is 1. The van der Waals surface area contributed by atoms with Crippen molar-refractivity contribution in [1.82, 2.24) is 4.98 Å². The Morgan fingerprint density at radius 2 is 2.13 bits per heavy atom. The Bertz CT molecular complexity index is 902. The molecular weight excluding hydrogens is 337 g/mol. The highest BCUT2D eigenvalue weighted by Crippen LogP contribution is 2.32. The van der Waals surface area contributed by atoms with E-state index in [2.05, 4.69) is 11.6 Å². The topological polar surface area (TPSA) is 52.3 Å². The Morgan fingerprint density at radius 1 is 1.30 bits per heavy atom. The Morgan fingerprint density at radius 3 is 2.91 bits per heavy atom. The van der Waals surface area contributed by atoms with E-state index in [1.165, 1.54) is 6.08 Å². The van der Waals surface area contributed by atoms with E-state index < -0.39 is 5.97 Å². The molecule has 0 saturated heterocycles. The lowest BCUT2D eigenvalue weighted by atomic mass is 10.1. The number of benzene rings is 2. The van der Waals surface area contributed by atoms with Crippen LogP contribution in [0.15, 0.2) is 53.5 Å². The van der Waals surface area contributed by atoms with Gasteiger partial charge in [-0.15, -0.1) is 0 Å². The lowest BCUT2D eigenvalue weighted by Crippen LogP contribution is -2.04. The van der Waals surface area contributed by atoms with Gasteiger partial charge in [0.05, 0.1) is 10.6 Å². The van der Waals surface area contributed by atoms with Crippen LogP contribution in [0.5, 0.6) is 0 Å². The van der Waals surface area contributed by atoms with E-state index in [0.717, 1.165) is 0 Å². The van der Waals surface area contributed by atoms with Gasteiger partial charge in [0.2, 0.25) is 5.89 Å². The molecule has 1 heterocycles. The molecule has 0 aliphatic heterocycles. The molecule has 23 heavy (non-hydrogen) atoms. The summed E-state index contributed by atoms with van der Waals surface area (Å²) >= 11 is 12.1. The molecule has 4 nitrogen and oxygen atoms in total. The fourth-order valence-corrected chi connectivity index (χ4v) is 2.60. The summed E-state index contributed by atoms with van der Waals surface area (Å²) in [7, 11) is 0. The smallest absolute Gasteiger partial charge is 0.338 e. The van der Waals surface area contributed by atoms with E-state index in [1.54, 1.807) is 36.4 Å². The standard InChI is InChI=1S/C17H11Cl2NO3/c1-2-6-22-17(21)11-5-3-4-10(7-11)16-20-14-9-12(18)8-13(19)15(14)23-16/h2-5,7-9H,1,6H2. The Labute approximate surface area is 142 Å². The van der Waals surface area contributed by atoms with Crippen molar-refractivity contribution in [2.45, 2.75) is 0 Å². The van der Waals surface area contributed by atoms with E-state index in [4.69, 9.17) is 32.4 Å². The van der Waals surface area contributed by atoms with Crippen molar-refractivity contribution < 1.29 is 13.9 Å². The maximum Gasteiger partial charge on any atom is 0.338 e. The molecule has 116 valence electrons. The van der Waals surface area contributed by atoms with Crippen molar-refractivity contribution in [3.8, 4) is 11.5 Å². The van der Waals surface area contributed by atoms with E-state index in [1.807, 2.05) is 0 Å². The summed E-state index contributed by atoms with van der Waals surface area (Å²) in [6, 6.07) is 10.1. The molecular formula is C17H11Cl2NO3. The van der Waals surface area contributed by atoms with Gasteiger partial charge in [0.25, 0.3) is 0 Å². The second-order valence-corrected chi connectivity index (χ2v) is 5.57. The fraction of sp³-hybridized carbons (Fsp3) is 0.0588. The number of hydrogen-bond acceptors (Lipinski definition) is 4. The zero-order valence-electron chi connectivity index (χ0n) is 11.9. The first-order chi connectivity index (χ1) is 11.1. The van der Waals surface area contributed by atoms with Gasteiger partial charge in [0, 0.05) is 10.6 Å². The Kier molecular flexibility index (Phi) is 4.37. The van der Waals surface area contributed by atoms with Crippen molar-refractivity contribution in [2.75, 3.05) is 6.61 Å². The van der Waals surface area contributed by atoms with Gasteiger partial charge in [-0.3, -0.25) is 0 Å². The van der Waals surface area contributed by atoms with Gasteiger partial charge >= 0.3 is 5.97 Å². The number of halogens is 2. The first kappa shape index (κ1) is 15.6. The van der Waals surface area contributed by atoms with E-state index in [-0.39, 0.29) is 6.61 Å². The summed E-state index contributed by atoms with van der Waals surface area (Å²) in [6.07, 6.45) is 1.51. The molecule has 0 N–H and O–H groups in total. The normalized spacial score (nSPS) is 10.7. The molecule has 0 spiro atoms. The van der Waals surface area contributed by atoms with Crippen LogP contribution in [-0.4, -0.2) is 17.6 Å². The van der Waals surface area contributed by atoms with E-state index in [0.29, 0.717) is 38.2 Å². The molecule has 0 saturated carbocycles. The first-order valence-corrected chi connectivity index (χ1v) is 7.48. The molecule has 3 aromatic rings. The number of oxazole rings is 1. The Hall–Kier alpha value is -2.30. The average Bonchev–Trinajstić information content (AvgIpc) is 2.97. The van der Waals surface area contributed by atoms with Crippen molar-refractivity contribution in [1.29, 1.82) is 0 Å². The van der Waals surface area contributed by atoms with Gasteiger partial charge in [0.1, 0.15) is 12.1 Å². The summed E-state index contributed by atoms with van der Waals surface area (Å²) in [5, 5.41) is 0.858. The predicted molar refractivity (Wildman–Crippen MR) is 89.9 cm³/mol. The number of carbonyl (C=O) groups excluding carboxylic acids is 1. The summed E-state index contributed by atoms with van der Waals surface area (Å²) in [4.78, 5) is 16.3. The zero-order chi connectivity index (χ0) is 16.4. The molecule has 6 heteroatoms. The predicted octanol–water partition coefficient (Wildman–Crippen LogP) is 5.14. The minimum atomic E-state index is -0.441. The lowest BCUT2D eigenvalue weighted by Gasteiger charge is -2.03. The van der Waals surface area contributed by atoms with Crippen LogP contribution in [0, 0.1) is 0 Å². The highest BCUT2D eigenvalue weighted by molar-refractivity contribution is 6.38. The molecule has 0 unspecified atom stereocenters. The van der Waals surface area contributed by atoms with Gasteiger partial charge in [-0.1, -0.05) is 41.9 Å². The second-order valence-electron chi connectivity index (χ2n) is 4.72. The number of aromatic nitrogens is 1.